The third-order valence-corrected chi connectivity index (χ3v) is 10.7. The maximum absolute atomic E-state index is 5.64. The fourth-order valence-corrected chi connectivity index (χ4v) is 9.06. The summed E-state index contributed by atoms with van der Waals surface area (Å²) in [5.74, 6) is 0. The Labute approximate surface area is 80.2 Å². The predicted molar refractivity (Wildman–Crippen MR) is 60.0 cm³/mol. The Balaban J connectivity index is 1.91. The molecule has 0 bridgehead atoms. The second kappa shape index (κ2) is 6.86. The zero-order chi connectivity index (χ0) is 8.65. The van der Waals surface area contributed by atoms with E-state index < -0.39 is 0 Å². The quantitative estimate of drug-likeness (QED) is 0.488. The van der Waals surface area contributed by atoms with E-state index in [1.54, 1.807) is 12.1 Å². The van der Waals surface area contributed by atoms with Gasteiger partial charge in [-0.25, -0.2) is 0 Å². The van der Waals surface area contributed by atoms with Crippen molar-refractivity contribution in [2.45, 2.75) is 51.1 Å². The van der Waals surface area contributed by atoms with Gasteiger partial charge in [-0.05, 0) is 6.42 Å². The first-order valence-electron chi connectivity index (χ1n) is 5.51. The van der Waals surface area contributed by atoms with Gasteiger partial charge in [0.15, 0.2) is 0 Å². The third-order valence-electron chi connectivity index (χ3n) is 2.72. The minimum absolute atomic E-state index is 0.0271. The van der Waals surface area contributed by atoms with E-state index in [9.17, 15) is 0 Å². The van der Waals surface area contributed by atoms with Crippen LogP contribution in [-0.4, -0.2) is 24.2 Å². The molecule has 1 heterocycles. The van der Waals surface area contributed by atoms with Crippen molar-refractivity contribution in [1.29, 1.82) is 0 Å². The molecule has 0 aromatic heterocycles. The normalized spacial score (nSPS) is 26.2. The SMILES string of the molecule is CCCCCC[SiH]1CCCO[SiH2]1. The minimum atomic E-state index is -0.252. The van der Waals surface area contributed by atoms with Crippen LogP contribution in [0.4, 0.5) is 0 Å². The lowest BCUT2D eigenvalue weighted by molar-refractivity contribution is 0.335. The molecule has 0 aliphatic carbocycles. The van der Waals surface area contributed by atoms with E-state index in [4.69, 9.17) is 4.43 Å². The van der Waals surface area contributed by atoms with Gasteiger partial charge in [-0.1, -0.05) is 44.7 Å². The van der Waals surface area contributed by atoms with Gasteiger partial charge in [0.05, 0.1) is 8.31 Å². The van der Waals surface area contributed by atoms with Crippen LogP contribution in [0.5, 0.6) is 0 Å². The lowest BCUT2D eigenvalue weighted by Gasteiger charge is -2.19. The van der Waals surface area contributed by atoms with E-state index in [0.717, 1.165) is 6.61 Å². The van der Waals surface area contributed by atoms with Gasteiger partial charge >= 0.3 is 0 Å². The molecule has 0 saturated carbocycles. The van der Waals surface area contributed by atoms with Crippen molar-refractivity contribution in [3.63, 3.8) is 0 Å². The number of hydrogen-bond acceptors (Lipinski definition) is 1. The van der Waals surface area contributed by atoms with Crippen LogP contribution in [-0.2, 0) is 4.43 Å². The molecule has 0 radical (unpaired) electrons. The van der Waals surface area contributed by atoms with Crippen LogP contribution >= 0.6 is 0 Å². The highest BCUT2D eigenvalue weighted by atomic mass is 29.2. The maximum Gasteiger partial charge on any atom is 0.147 e. The van der Waals surface area contributed by atoms with E-state index in [1.807, 2.05) is 0 Å². The molecular formula is C9H22OSi2. The molecule has 1 aliphatic rings. The van der Waals surface area contributed by atoms with Crippen molar-refractivity contribution >= 4 is 17.6 Å². The topological polar surface area (TPSA) is 9.23 Å². The average molecular weight is 202 g/mol. The third kappa shape index (κ3) is 4.43. The first-order valence-corrected chi connectivity index (χ1v) is 11.0. The van der Waals surface area contributed by atoms with E-state index in [2.05, 4.69) is 6.92 Å². The van der Waals surface area contributed by atoms with Gasteiger partial charge in [0, 0.05) is 6.61 Å². The fraction of sp³-hybridized carbons (Fsp3) is 1.00. The van der Waals surface area contributed by atoms with Crippen LogP contribution in [0.2, 0.25) is 12.1 Å². The molecule has 3 heteroatoms. The molecule has 0 N–H and O–H groups in total. The van der Waals surface area contributed by atoms with Gasteiger partial charge in [0.25, 0.3) is 0 Å². The van der Waals surface area contributed by atoms with Gasteiger partial charge in [-0.2, -0.15) is 0 Å². The van der Waals surface area contributed by atoms with Gasteiger partial charge in [0.1, 0.15) is 9.28 Å². The summed E-state index contributed by atoms with van der Waals surface area (Å²) >= 11 is 0. The Kier molecular flexibility index (Phi) is 5.99. The number of hydrogen-bond donors (Lipinski definition) is 0. The summed E-state index contributed by atoms with van der Waals surface area (Å²) in [6.45, 7) is 3.39. The molecule has 1 saturated heterocycles. The van der Waals surface area contributed by atoms with Crippen LogP contribution in [0.1, 0.15) is 39.0 Å². The maximum atomic E-state index is 5.64. The van der Waals surface area contributed by atoms with Crippen molar-refractivity contribution in [2.24, 2.45) is 0 Å². The van der Waals surface area contributed by atoms with E-state index in [-0.39, 0.29) is 17.6 Å². The Morgan fingerprint density at radius 2 is 2.25 bits per heavy atom. The Hall–Kier alpha value is 0.394. The Bertz CT molecular complexity index is 103. The molecule has 1 aliphatic heterocycles. The summed E-state index contributed by atoms with van der Waals surface area (Å²) in [5.41, 5.74) is 0. The van der Waals surface area contributed by atoms with Crippen LogP contribution in [0, 0.1) is 0 Å². The van der Waals surface area contributed by atoms with Crippen molar-refractivity contribution in [3.05, 3.63) is 0 Å². The lowest BCUT2D eigenvalue weighted by atomic mass is 10.2. The smallest absolute Gasteiger partial charge is 0.147 e. The van der Waals surface area contributed by atoms with Crippen molar-refractivity contribution < 1.29 is 4.43 Å². The van der Waals surface area contributed by atoms with Crippen LogP contribution in [0.3, 0.4) is 0 Å². The van der Waals surface area contributed by atoms with Gasteiger partial charge in [-0.3, -0.25) is 0 Å². The van der Waals surface area contributed by atoms with E-state index in [0.29, 0.717) is 0 Å². The van der Waals surface area contributed by atoms with Crippen molar-refractivity contribution in [3.8, 4) is 0 Å². The molecule has 0 amide bonds. The average Bonchev–Trinajstić information content (AvgIpc) is 2.14. The molecular weight excluding hydrogens is 180 g/mol. The molecule has 0 spiro atoms. The van der Waals surface area contributed by atoms with Crippen molar-refractivity contribution in [1.82, 2.24) is 0 Å². The van der Waals surface area contributed by atoms with E-state index >= 15 is 0 Å². The lowest BCUT2D eigenvalue weighted by Crippen LogP contribution is -2.29. The first kappa shape index (κ1) is 10.5. The molecule has 1 nitrogen and oxygen atoms in total. The summed E-state index contributed by atoms with van der Waals surface area (Å²) in [6.07, 6.45) is 7.21. The monoisotopic (exact) mass is 202 g/mol. The summed E-state index contributed by atoms with van der Waals surface area (Å²) in [5, 5.41) is 0. The molecule has 1 unspecified atom stereocenters. The number of rotatable bonds is 5. The van der Waals surface area contributed by atoms with Crippen LogP contribution in [0.15, 0.2) is 0 Å². The van der Waals surface area contributed by atoms with E-state index in [1.165, 1.54) is 32.1 Å². The summed E-state index contributed by atoms with van der Waals surface area (Å²) in [6, 6.07) is 3.21. The second-order valence-electron chi connectivity index (χ2n) is 3.93. The largest absolute Gasteiger partial charge is 0.428 e. The van der Waals surface area contributed by atoms with Gasteiger partial charge in [0.2, 0.25) is 0 Å². The Morgan fingerprint density at radius 1 is 1.33 bits per heavy atom. The highest BCUT2D eigenvalue weighted by Crippen LogP contribution is 2.13. The van der Waals surface area contributed by atoms with Crippen molar-refractivity contribution in [2.75, 3.05) is 6.61 Å². The summed E-state index contributed by atoms with van der Waals surface area (Å²) < 4.78 is 5.64. The zero-order valence-corrected chi connectivity index (χ0v) is 10.9. The molecule has 12 heavy (non-hydrogen) atoms. The minimum Gasteiger partial charge on any atom is -0.428 e. The first-order chi connectivity index (χ1) is 5.93. The van der Waals surface area contributed by atoms with Crippen LogP contribution in [0.25, 0.3) is 0 Å². The molecule has 0 aromatic rings. The molecule has 1 fully saturated rings. The van der Waals surface area contributed by atoms with Crippen LogP contribution < -0.4 is 0 Å². The zero-order valence-electron chi connectivity index (χ0n) is 8.35. The number of unbranched alkanes of at least 4 members (excludes halogenated alkanes) is 3. The molecule has 1 rings (SSSR count). The summed E-state index contributed by atoms with van der Waals surface area (Å²) in [7, 11) is -0.225. The fourth-order valence-electron chi connectivity index (χ4n) is 1.89. The highest BCUT2D eigenvalue weighted by molar-refractivity contribution is 7.10. The van der Waals surface area contributed by atoms with Gasteiger partial charge in [-0.15, -0.1) is 0 Å². The summed E-state index contributed by atoms with van der Waals surface area (Å²) in [4.78, 5) is 0. The molecule has 72 valence electrons. The predicted octanol–water partition coefficient (Wildman–Crippen LogP) is 1.79. The van der Waals surface area contributed by atoms with Gasteiger partial charge < -0.3 is 4.43 Å². The molecule has 0 aromatic carbocycles. The standard InChI is InChI=1S/C9H22OSi2/c1-2-3-4-5-8-12-9-6-7-10-11-12/h12H,2-9,11H2,1H3. The highest BCUT2D eigenvalue weighted by Gasteiger charge is 2.15. The second-order valence-corrected chi connectivity index (χ2v) is 12.0. The molecule has 1 atom stereocenters. The Morgan fingerprint density at radius 3 is 2.92 bits per heavy atom.